The second-order valence-corrected chi connectivity index (χ2v) is 6.77. The molecule has 0 amide bonds. The zero-order chi connectivity index (χ0) is 19.4. The highest BCUT2D eigenvalue weighted by molar-refractivity contribution is 6.30. The molecule has 1 N–H and O–H groups in total. The molecular weight excluding hydrogens is 421 g/mol. The summed E-state index contributed by atoms with van der Waals surface area (Å²) in [5, 5.41) is 3.45. The van der Waals surface area contributed by atoms with Gasteiger partial charge in [-0.3, -0.25) is 0 Å². The summed E-state index contributed by atoms with van der Waals surface area (Å²) >= 11 is 5.75. The fourth-order valence-corrected chi connectivity index (χ4v) is 3.14. The fourth-order valence-electron chi connectivity index (χ4n) is 2.98. The molecule has 2 aromatic rings. The summed E-state index contributed by atoms with van der Waals surface area (Å²) in [6.07, 6.45) is -3.10. The monoisotopic (exact) mass is 439 g/mol. The lowest BCUT2D eigenvalue weighted by Gasteiger charge is -2.23. The zero-order valence-corrected chi connectivity index (χ0v) is 16.3. The fraction of sp³-hybridized carbons (Fsp3) is 0.368. The molecule has 0 atom stereocenters. The van der Waals surface area contributed by atoms with E-state index in [-0.39, 0.29) is 41.3 Å². The maximum atomic E-state index is 14.2. The summed E-state index contributed by atoms with van der Waals surface area (Å²) in [6, 6.07) is 7.96. The number of rotatable bonds is 5. The van der Waals surface area contributed by atoms with Crippen LogP contribution in [0, 0.1) is 11.7 Å². The molecule has 3 rings (SSSR count). The standard InChI is InChI=1S/C19H18ClF4NO2.ClH/c20-14-2-3-15(16(21)10-14)13-1-4-17(27-19(22,23)24)18(9-13)26-11-12-5-7-25-8-6-12;/h1-4,9-10,12,25H,5-8,11H2;1H. The molecule has 1 aliphatic heterocycles. The highest BCUT2D eigenvalue weighted by Gasteiger charge is 2.32. The molecule has 3 nitrogen and oxygen atoms in total. The van der Waals surface area contributed by atoms with Gasteiger partial charge >= 0.3 is 6.36 Å². The molecule has 2 aromatic carbocycles. The summed E-state index contributed by atoms with van der Waals surface area (Å²) in [5.74, 6) is -0.857. The molecule has 1 saturated heterocycles. The summed E-state index contributed by atoms with van der Waals surface area (Å²) in [5.41, 5.74) is 0.587. The van der Waals surface area contributed by atoms with Crippen LogP contribution in [0.4, 0.5) is 17.6 Å². The van der Waals surface area contributed by atoms with Crippen LogP contribution in [0.25, 0.3) is 11.1 Å². The van der Waals surface area contributed by atoms with E-state index in [4.69, 9.17) is 16.3 Å². The number of hydrogen-bond acceptors (Lipinski definition) is 3. The summed E-state index contributed by atoms with van der Waals surface area (Å²) in [6.45, 7) is 1.95. The molecular formula is C19H19Cl2F4NO2. The van der Waals surface area contributed by atoms with E-state index in [2.05, 4.69) is 10.1 Å². The molecule has 0 spiro atoms. The first-order valence-corrected chi connectivity index (χ1v) is 8.88. The van der Waals surface area contributed by atoms with Crippen LogP contribution < -0.4 is 14.8 Å². The third-order valence-electron chi connectivity index (χ3n) is 4.34. The van der Waals surface area contributed by atoms with Gasteiger partial charge in [-0.25, -0.2) is 4.39 Å². The highest BCUT2D eigenvalue weighted by Crippen LogP contribution is 2.37. The van der Waals surface area contributed by atoms with E-state index in [1.807, 2.05) is 0 Å². The molecule has 1 aliphatic rings. The van der Waals surface area contributed by atoms with Crippen molar-refractivity contribution < 1.29 is 27.0 Å². The minimum atomic E-state index is -4.85. The Morgan fingerprint density at radius 1 is 1.04 bits per heavy atom. The third-order valence-corrected chi connectivity index (χ3v) is 4.58. The lowest BCUT2D eigenvalue weighted by molar-refractivity contribution is -0.275. The number of piperidine rings is 1. The van der Waals surface area contributed by atoms with E-state index in [9.17, 15) is 17.6 Å². The van der Waals surface area contributed by atoms with Crippen LogP contribution in [0.15, 0.2) is 36.4 Å². The minimum Gasteiger partial charge on any atom is -0.489 e. The Balaban J connectivity index is 0.00000280. The van der Waals surface area contributed by atoms with Crippen LogP contribution in [0.1, 0.15) is 12.8 Å². The average Bonchev–Trinajstić information content (AvgIpc) is 2.61. The molecule has 0 aromatic heterocycles. The quantitative estimate of drug-likeness (QED) is 0.593. The lowest BCUT2D eigenvalue weighted by Crippen LogP contribution is -2.30. The molecule has 9 heteroatoms. The number of hydrogen-bond donors (Lipinski definition) is 1. The number of ether oxygens (including phenoxy) is 2. The van der Waals surface area contributed by atoms with E-state index >= 15 is 0 Å². The molecule has 28 heavy (non-hydrogen) atoms. The van der Waals surface area contributed by atoms with Crippen LogP contribution in [0.5, 0.6) is 11.5 Å². The predicted molar refractivity (Wildman–Crippen MR) is 102 cm³/mol. The number of nitrogens with one attached hydrogen (secondary N) is 1. The van der Waals surface area contributed by atoms with Crippen molar-refractivity contribution in [3.8, 4) is 22.6 Å². The van der Waals surface area contributed by atoms with Crippen LogP contribution in [0.2, 0.25) is 5.02 Å². The van der Waals surface area contributed by atoms with Gasteiger partial charge in [0.25, 0.3) is 0 Å². The Hall–Kier alpha value is -1.70. The van der Waals surface area contributed by atoms with Gasteiger partial charge in [-0.2, -0.15) is 0 Å². The van der Waals surface area contributed by atoms with Crippen molar-refractivity contribution in [2.45, 2.75) is 19.2 Å². The average molecular weight is 440 g/mol. The van der Waals surface area contributed by atoms with Gasteiger partial charge in [0.1, 0.15) is 5.82 Å². The van der Waals surface area contributed by atoms with Crippen molar-refractivity contribution in [3.63, 3.8) is 0 Å². The minimum absolute atomic E-state index is 0. The Labute approximate surface area is 171 Å². The summed E-state index contributed by atoms with van der Waals surface area (Å²) in [4.78, 5) is 0. The maximum Gasteiger partial charge on any atom is 0.573 e. The molecule has 0 radical (unpaired) electrons. The third kappa shape index (κ3) is 6.15. The topological polar surface area (TPSA) is 30.5 Å². The predicted octanol–water partition coefficient (Wildman–Crippen LogP) is 5.84. The van der Waals surface area contributed by atoms with Gasteiger partial charge in [0.05, 0.1) is 6.61 Å². The van der Waals surface area contributed by atoms with Crippen LogP contribution in [0.3, 0.4) is 0 Å². The van der Waals surface area contributed by atoms with E-state index in [0.717, 1.165) is 38.1 Å². The second kappa shape index (κ2) is 9.67. The first-order chi connectivity index (χ1) is 12.8. The smallest absolute Gasteiger partial charge is 0.489 e. The zero-order valence-electron chi connectivity index (χ0n) is 14.7. The summed E-state index contributed by atoms with van der Waals surface area (Å²) < 4.78 is 61.9. The van der Waals surface area contributed by atoms with Crippen molar-refractivity contribution in [2.75, 3.05) is 19.7 Å². The second-order valence-electron chi connectivity index (χ2n) is 6.34. The SMILES string of the molecule is Cl.Fc1cc(Cl)ccc1-c1ccc(OC(F)(F)F)c(OCC2CCNCC2)c1. The van der Waals surface area contributed by atoms with Crippen molar-refractivity contribution in [2.24, 2.45) is 5.92 Å². The first-order valence-electron chi connectivity index (χ1n) is 8.50. The lowest BCUT2D eigenvalue weighted by atomic mass is 9.99. The van der Waals surface area contributed by atoms with E-state index in [0.29, 0.717) is 5.56 Å². The van der Waals surface area contributed by atoms with Crippen LogP contribution in [-0.2, 0) is 0 Å². The Bertz CT molecular complexity index is 796. The van der Waals surface area contributed by atoms with Crippen molar-refractivity contribution in [1.29, 1.82) is 0 Å². The number of benzene rings is 2. The van der Waals surface area contributed by atoms with Gasteiger partial charge in [-0.1, -0.05) is 17.7 Å². The van der Waals surface area contributed by atoms with E-state index in [1.165, 1.54) is 24.3 Å². The molecule has 154 valence electrons. The highest BCUT2D eigenvalue weighted by atomic mass is 35.5. The van der Waals surface area contributed by atoms with Gasteiger partial charge < -0.3 is 14.8 Å². The Morgan fingerprint density at radius 3 is 2.39 bits per heavy atom. The first kappa shape index (κ1) is 22.6. The number of halogens is 6. The van der Waals surface area contributed by atoms with Crippen molar-refractivity contribution in [3.05, 3.63) is 47.2 Å². The van der Waals surface area contributed by atoms with Gasteiger partial charge in [0, 0.05) is 10.6 Å². The van der Waals surface area contributed by atoms with Crippen molar-refractivity contribution >= 4 is 24.0 Å². The molecule has 1 heterocycles. The van der Waals surface area contributed by atoms with E-state index in [1.54, 1.807) is 0 Å². The molecule has 1 fully saturated rings. The van der Waals surface area contributed by atoms with Gasteiger partial charge in [-0.15, -0.1) is 25.6 Å². The Morgan fingerprint density at radius 2 is 1.75 bits per heavy atom. The van der Waals surface area contributed by atoms with Gasteiger partial charge in [0.2, 0.25) is 0 Å². The molecule has 0 bridgehead atoms. The summed E-state index contributed by atoms with van der Waals surface area (Å²) in [7, 11) is 0. The molecule has 0 aliphatic carbocycles. The van der Waals surface area contributed by atoms with Gasteiger partial charge in [0.15, 0.2) is 11.5 Å². The molecule has 0 saturated carbocycles. The normalized spacial score (nSPS) is 15.0. The molecule has 0 unspecified atom stereocenters. The van der Waals surface area contributed by atoms with Crippen LogP contribution in [-0.4, -0.2) is 26.1 Å². The largest absolute Gasteiger partial charge is 0.573 e. The van der Waals surface area contributed by atoms with Crippen molar-refractivity contribution in [1.82, 2.24) is 5.32 Å². The van der Waals surface area contributed by atoms with Gasteiger partial charge in [-0.05, 0) is 67.7 Å². The van der Waals surface area contributed by atoms with Crippen LogP contribution >= 0.6 is 24.0 Å². The number of alkyl halides is 3. The Kier molecular flexibility index (Phi) is 7.80. The van der Waals surface area contributed by atoms with E-state index < -0.39 is 17.9 Å². The maximum absolute atomic E-state index is 14.2.